The fourth-order valence-electron chi connectivity index (χ4n) is 3.61. The molecule has 1 aliphatic rings. The van der Waals surface area contributed by atoms with Crippen LogP contribution >= 0.6 is 11.8 Å². The third kappa shape index (κ3) is 4.79. The number of phenols is 1. The average molecular weight is 439 g/mol. The Labute approximate surface area is 188 Å². The number of hydrogen-bond acceptors (Lipinski definition) is 4. The molecule has 31 heavy (non-hydrogen) atoms. The minimum Gasteiger partial charge on any atom is -0.507 e. The van der Waals surface area contributed by atoms with Crippen LogP contribution in [-0.2, 0) is 20.4 Å². The van der Waals surface area contributed by atoms with Crippen molar-refractivity contribution in [2.24, 2.45) is 5.73 Å². The fraction of sp³-hybridized carbons (Fsp3) is 0.360. The molecule has 5 nitrogen and oxygen atoms in total. The van der Waals surface area contributed by atoms with Gasteiger partial charge >= 0.3 is 0 Å². The Bertz CT molecular complexity index is 1040. The molecule has 0 saturated heterocycles. The molecule has 0 atom stereocenters. The van der Waals surface area contributed by atoms with Crippen LogP contribution in [0.4, 0.5) is 5.69 Å². The maximum atomic E-state index is 13.2. The first kappa shape index (κ1) is 22.9. The predicted octanol–water partition coefficient (Wildman–Crippen LogP) is 4.95. The van der Waals surface area contributed by atoms with E-state index in [-0.39, 0.29) is 23.3 Å². The van der Waals surface area contributed by atoms with E-state index >= 15 is 0 Å². The zero-order valence-electron chi connectivity index (χ0n) is 18.9. The molecule has 164 valence electrons. The molecule has 0 aliphatic carbocycles. The second-order valence-corrected chi connectivity index (χ2v) is 11.0. The first-order valence-electron chi connectivity index (χ1n) is 10.3. The average Bonchev–Trinajstić information content (AvgIpc) is 2.64. The van der Waals surface area contributed by atoms with Crippen molar-refractivity contribution in [1.82, 2.24) is 0 Å². The Morgan fingerprint density at radius 1 is 1.06 bits per heavy atom. The summed E-state index contributed by atoms with van der Waals surface area (Å²) in [6.07, 6.45) is 1.83. The van der Waals surface area contributed by atoms with Crippen LogP contribution in [0.2, 0.25) is 0 Å². The van der Waals surface area contributed by atoms with Gasteiger partial charge in [-0.15, -0.1) is 0 Å². The lowest BCUT2D eigenvalue weighted by atomic mass is 9.78. The first-order valence-corrected chi connectivity index (χ1v) is 11.1. The quantitative estimate of drug-likeness (QED) is 0.664. The van der Waals surface area contributed by atoms with Gasteiger partial charge in [0, 0.05) is 16.0 Å². The van der Waals surface area contributed by atoms with E-state index in [1.807, 2.05) is 42.5 Å². The van der Waals surface area contributed by atoms with E-state index < -0.39 is 5.91 Å². The molecular formula is C25H30N2O3S. The Morgan fingerprint density at radius 3 is 2.13 bits per heavy atom. The van der Waals surface area contributed by atoms with Crippen LogP contribution in [0.3, 0.4) is 0 Å². The highest BCUT2D eigenvalue weighted by Crippen LogP contribution is 2.44. The standard InChI is InChI=1S/C25H30N2O3S/c1-24(2,3)16-11-15(12-17(22(16)29)25(4,5)6)13-20-23(30)27(14-21(26)28)18-9-7-8-10-19(18)31-20/h7-13,29H,14H2,1-6H3,(H2,26,28)/b20-13-. The Kier molecular flexibility index (Phi) is 5.98. The number of thioether (sulfide) groups is 1. The molecule has 0 unspecified atom stereocenters. The summed E-state index contributed by atoms with van der Waals surface area (Å²) in [5.41, 5.74) is 8.04. The maximum Gasteiger partial charge on any atom is 0.265 e. The van der Waals surface area contributed by atoms with Crippen LogP contribution in [0.1, 0.15) is 58.2 Å². The number of anilines is 1. The highest BCUT2D eigenvalue weighted by Gasteiger charge is 2.31. The molecular weight excluding hydrogens is 408 g/mol. The first-order chi connectivity index (χ1) is 14.3. The lowest BCUT2D eigenvalue weighted by molar-refractivity contribution is -0.120. The van der Waals surface area contributed by atoms with Gasteiger partial charge < -0.3 is 10.8 Å². The second-order valence-electron chi connectivity index (χ2n) is 9.90. The maximum absolute atomic E-state index is 13.2. The van der Waals surface area contributed by atoms with Gasteiger partial charge in [0.25, 0.3) is 5.91 Å². The molecule has 6 heteroatoms. The normalized spacial score (nSPS) is 15.9. The monoisotopic (exact) mass is 438 g/mol. The van der Waals surface area contributed by atoms with Crippen LogP contribution in [0, 0.1) is 0 Å². The van der Waals surface area contributed by atoms with E-state index in [0.29, 0.717) is 16.3 Å². The number of benzene rings is 2. The third-order valence-corrected chi connectivity index (χ3v) is 6.27. The number of rotatable bonds is 3. The Balaban J connectivity index is 2.17. The van der Waals surface area contributed by atoms with Gasteiger partial charge in [0.15, 0.2) is 0 Å². The Hall–Kier alpha value is -2.73. The van der Waals surface area contributed by atoms with Crippen LogP contribution in [-0.4, -0.2) is 23.5 Å². The zero-order valence-corrected chi connectivity index (χ0v) is 19.8. The summed E-state index contributed by atoms with van der Waals surface area (Å²) in [6, 6.07) is 11.3. The minimum atomic E-state index is -0.566. The van der Waals surface area contributed by atoms with E-state index in [1.165, 1.54) is 16.7 Å². The number of carbonyl (C=O) groups is 2. The molecule has 2 aromatic carbocycles. The zero-order chi connectivity index (χ0) is 23.1. The largest absolute Gasteiger partial charge is 0.507 e. The summed E-state index contributed by atoms with van der Waals surface area (Å²) >= 11 is 1.38. The van der Waals surface area contributed by atoms with Gasteiger partial charge in [0.05, 0.1) is 10.6 Å². The lowest BCUT2D eigenvalue weighted by Crippen LogP contribution is -2.40. The summed E-state index contributed by atoms with van der Waals surface area (Å²) in [7, 11) is 0. The molecule has 1 aliphatic heterocycles. The number of phenolic OH excluding ortho intramolecular Hbond substituents is 1. The second kappa shape index (κ2) is 8.08. The van der Waals surface area contributed by atoms with Gasteiger partial charge in [0.1, 0.15) is 12.3 Å². The van der Waals surface area contributed by atoms with E-state index in [9.17, 15) is 14.7 Å². The summed E-state index contributed by atoms with van der Waals surface area (Å²) in [4.78, 5) is 27.7. The number of primary amides is 1. The molecule has 0 saturated carbocycles. The number of hydrogen-bond donors (Lipinski definition) is 2. The number of amides is 2. The van der Waals surface area contributed by atoms with Crippen LogP contribution in [0.15, 0.2) is 46.2 Å². The molecule has 0 spiro atoms. The summed E-state index contributed by atoms with van der Waals surface area (Å²) < 4.78 is 0. The topological polar surface area (TPSA) is 83.6 Å². The summed E-state index contributed by atoms with van der Waals surface area (Å²) in [6.45, 7) is 12.1. The van der Waals surface area contributed by atoms with Gasteiger partial charge in [-0.25, -0.2) is 0 Å². The summed E-state index contributed by atoms with van der Waals surface area (Å²) in [5.74, 6) is -0.528. The smallest absolute Gasteiger partial charge is 0.265 e. The number of fused-ring (bicyclic) bond motifs is 1. The molecule has 1 heterocycles. The number of carbonyl (C=O) groups excluding carboxylic acids is 2. The number of aromatic hydroxyl groups is 1. The van der Waals surface area contributed by atoms with Crippen molar-refractivity contribution in [3.05, 3.63) is 58.0 Å². The van der Waals surface area contributed by atoms with Crippen molar-refractivity contribution in [1.29, 1.82) is 0 Å². The van der Waals surface area contributed by atoms with Crippen LogP contribution in [0.25, 0.3) is 6.08 Å². The van der Waals surface area contributed by atoms with Gasteiger partial charge in [-0.1, -0.05) is 65.4 Å². The molecule has 0 bridgehead atoms. The van der Waals surface area contributed by atoms with Gasteiger partial charge in [-0.2, -0.15) is 0 Å². The molecule has 0 aromatic heterocycles. The van der Waals surface area contributed by atoms with Crippen molar-refractivity contribution < 1.29 is 14.7 Å². The fourth-order valence-corrected chi connectivity index (χ4v) is 4.67. The molecule has 2 amide bonds. The van der Waals surface area contributed by atoms with Crippen molar-refractivity contribution in [2.75, 3.05) is 11.4 Å². The number of para-hydroxylation sites is 1. The Morgan fingerprint density at radius 2 is 1.61 bits per heavy atom. The third-order valence-electron chi connectivity index (χ3n) is 5.19. The minimum absolute atomic E-state index is 0.177. The van der Waals surface area contributed by atoms with Crippen molar-refractivity contribution in [2.45, 2.75) is 57.3 Å². The molecule has 3 rings (SSSR count). The van der Waals surface area contributed by atoms with E-state index in [4.69, 9.17) is 5.73 Å². The molecule has 0 fully saturated rings. The van der Waals surface area contributed by atoms with Crippen molar-refractivity contribution in [3.63, 3.8) is 0 Å². The van der Waals surface area contributed by atoms with E-state index in [2.05, 4.69) is 41.5 Å². The molecule has 0 radical (unpaired) electrons. The summed E-state index contributed by atoms with van der Waals surface area (Å²) in [5, 5.41) is 11.0. The molecule has 2 aromatic rings. The van der Waals surface area contributed by atoms with Crippen molar-refractivity contribution in [3.8, 4) is 5.75 Å². The van der Waals surface area contributed by atoms with Gasteiger partial charge in [0.2, 0.25) is 5.91 Å². The molecule has 3 N–H and O–H groups in total. The van der Waals surface area contributed by atoms with Crippen molar-refractivity contribution >= 4 is 35.3 Å². The van der Waals surface area contributed by atoms with E-state index in [0.717, 1.165) is 21.6 Å². The van der Waals surface area contributed by atoms with Crippen LogP contribution in [0.5, 0.6) is 5.75 Å². The highest BCUT2D eigenvalue weighted by molar-refractivity contribution is 8.04. The van der Waals surface area contributed by atoms with Gasteiger partial charge in [-0.05, 0) is 46.7 Å². The van der Waals surface area contributed by atoms with Gasteiger partial charge in [-0.3, -0.25) is 14.5 Å². The van der Waals surface area contributed by atoms with Crippen LogP contribution < -0.4 is 10.6 Å². The lowest BCUT2D eigenvalue weighted by Gasteiger charge is -2.30. The highest BCUT2D eigenvalue weighted by atomic mass is 32.2. The number of nitrogens with zero attached hydrogens (tertiary/aromatic N) is 1. The van der Waals surface area contributed by atoms with E-state index in [1.54, 1.807) is 0 Å². The SMILES string of the molecule is CC(C)(C)c1cc(/C=C2\Sc3ccccc3N(CC(N)=O)C2=O)cc(C(C)(C)C)c1O. The number of nitrogens with two attached hydrogens (primary N) is 1. The predicted molar refractivity (Wildman–Crippen MR) is 127 cm³/mol.